The molecule has 1 aliphatic rings. The molecule has 7 nitrogen and oxygen atoms in total. The molecule has 0 atom stereocenters. The van der Waals surface area contributed by atoms with Gasteiger partial charge in [-0.1, -0.05) is 25.0 Å². The van der Waals surface area contributed by atoms with Crippen LogP contribution in [0, 0.1) is 0 Å². The topological polar surface area (TPSA) is 87.7 Å². The van der Waals surface area contributed by atoms with Gasteiger partial charge in [0.25, 0.3) is 5.91 Å². The van der Waals surface area contributed by atoms with E-state index in [9.17, 15) is 13.2 Å². The number of ether oxygens (including phenoxy) is 1. The molecule has 2 N–H and O–H groups in total. The minimum atomic E-state index is -3.51. The number of rotatable bonds is 6. The van der Waals surface area contributed by atoms with Gasteiger partial charge in [0.05, 0.1) is 17.1 Å². The molecule has 1 aliphatic heterocycles. The number of para-hydroxylation sites is 1. The molecule has 0 unspecified atom stereocenters. The molecule has 9 heteroatoms. The van der Waals surface area contributed by atoms with E-state index in [1.54, 1.807) is 52.8 Å². The van der Waals surface area contributed by atoms with Gasteiger partial charge in [-0.05, 0) is 68.4 Å². The maximum Gasteiger partial charge on any atom is 0.261 e. The van der Waals surface area contributed by atoms with E-state index in [0.717, 1.165) is 25.7 Å². The van der Waals surface area contributed by atoms with Crippen molar-refractivity contribution in [1.29, 1.82) is 0 Å². The van der Waals surface area contributed by atoms with E-state index in [4.69, 9.17) is 17.0 Å². The van der Waals surface area contributed by atoms with Crippen molar-refractivity contribution in [2.45, 2.75) is 37.5 Å². The third-order valence-electron chi connectivity index (χ3n) is 4.97. The minimum Gasteiger partial charge on any atom is -0.493 e. The Morgan fingerprint density at radius 3 is 2.32 bits per heavy atom. The van der Waals surface area contributed by atoms with Gasteiger partial charge in [0, 0.05) is 18.8 Å². The summed E-state index contributed by atoms with van der Waals surface area (Å²) < 4.78 is 32.8. The van der Waals surface area contributed by atoms with Gasteiger partial charge in [-0.25, -0.2) is 8.42 Å². The number of thiocarbonyl (C=S) groups is 1. The number of carbonyl (C=O) groups is 1. The van der Waals surface area contributed by atoms with Crippen molar-refractivity contribution >= 4 is 38.9 Å². The Hall–Kier alpha value is -2.49. The van der Waals surface area contributed by atoms with Gasteiger partial charge in [0.2, 0.25) is 10.0 Å². The number of hydrogen-bond acceptors (Lipinski definition) is 5. The standard InChI is InChI=1S/C22H27N3O4S2/c1-2-29-20-10-6-5-9-19(20)21(26)24-22(30)23-17-11-13-18(14-12-17)31(27,28)25-15-7-3-4-8-16-25/h5-6,9-14H,2-4,7-8,15-16H2,1H3,(H2,23,24,26,30). The lowest BCUT2D eigenvalue weighted by atomic mass is 10.2. The molecule has 0 aromatic heterocycles. The molecular formula is C22H27N3O4S2. The Bertz CT molecular complexity index is 1020. The normalized spacial score (nSPS) is 15.0. The summed E-state index contributed by atoms with van der Waals surface area (Å²) in [6, 6.07) is 13.3. The van der Waals surface area contributed by atoms with E-state index < -0.39 is 10.0 Å². The second-order valence-electron chi connectivity index (χ2n) is 7.18. The molecule has 1 heterocycles. The van der Waals surface area contributed by atoms with Crippen LogP contribution in [0.3, 0.4) is 0 Å². The molecule has 2 aromatic rings. The van der Waals surface area contributed by atoms with Crippen LogP contribution < -0.4 is 15.4 Å². The average Bonchev–Trinajstić information content (AvgIpc) is 3.05. The summed E-state index contributed by atoms with van der Waals surface area (Å²) in [5.74, 6) is 0.0929. The molecule has 0 aliphatic carbocycles. The predicted octanol–water partition coefficient (Wildman–Crippen LogP) is 3.78. The first-order valence-corrected chi connectivity index (χ1v) is 12.2. The van der Waals surface area contributed by atoms with E-state index >= 15 is 0 Å². The number of hydrogen-bond donors (Lipinski definition) is 2. The lowest BCUT2D eigenvalue weighted by Crippen LogP contribution is -2.34. The molecule has 0 bridgehead atoms. The Balaban J connectivity index is 1.63. The monoisotopic (exact) mass is 461 g/mol. The zero-order valence-electron chi connectivity index (χ0n) is 17.5. The highest BCUT2D eigenvalue weighted by atomic mass is 32.2. The average molecular weight is 462 g/mol. The number of amides is 1. The molecule has 0 spiro atoms. The maximum absolute atomic E-state index is 12.9. The molecule has 2 aromatic carbocycles. The van der Waals surface area contributed by atoms with Crippen LogP contribution in [0.2, 0.25) is 0 Å². The van der Waals surface area contributed by atoms with E-state index in [-0.39, 0.29) is 15.9 Å². The van der Waals surface area contributed by atoms with Gasteiger partial charge in [0.1, 0.15) is 5.75 Å². The van der Waals surface area contributed by atoms with Gasteiger partial charge >= 0.3 is 0 Å². The molecule has 0 saturated carbocycles. The van der Waals surface area contributed by atoms with Gasteiger partial charge in [-0.2, -0.15) is 4.31 Å². The number of sulfonamides is 1. The van der Waals surface area contributed by atoms with Gasteiger partial charge in [-0.3, -0.25) is 10.1 Å². The van der Waals surface area contributed by atoms with Crippen LogP contribution in [0.25, 0.3) is 0 Å². The van der Waals surface area contributed by atoms with E-state index in [1.807, 2.05) is 6.92 Å². The molecule has 1 fully saturated rings. The van der Waals surface area contributed by atoms with Crippen molar-refractivity contribution in [3.8, 4) is 5.75 Å². The van der Waals surface area contributed by atoms with Crippen LogP contribution in [0.5, 0.6) is 5.75 Å². The third kappa shape index (κ3) is 6.03. The first kappa shape index (κ1) is 23.2. The van der Waals surface area contributed by atoms with Crippen LogP contribution >= 0.6 is 12.2 Å². The first-order valence-electron chi connectivity index (χ1n) is 10.4. The summed E-state index contributed by atoms with van der Waals surface area (Å²) in [7, 11) is -3.51. The van der Waals surface area contributed by atoms with Gasteiger partial charge in [-0.15, -0.1) is 0 Å². The molecule has 31 heavy (non-hydrogen) atoms. The Labute approximate surface area is 188 Å². The van der Waals surface area contributed by atoms with Gasteiger partial charge in [0.15, 0.2) is 5.11 Å². The van der Waals surface area contributed by atoms with E-state index in [2.05, 4.69) is 10.6 Å². The third-order valence-corrected chi connectivity index (χ3v) is 7.09. The van der Waals surface area contributed by atoms with E-state index in [0.29, 0.717) is 36.7 Å². The number of nitrogens with one attached hydrogen (secondary N) is 2. The molecule has 1 saturated heterocycles. The maximum atomic E-state index is 12.9. The largest absolute Gasteiger partial charge is 0.493 e. The fourth-order valence-corrected chi connectivity index (χ4v) is 5.14. The Morgan fingerprint density at radius 1 is 1.03 bits per heavy atom. The predicted molar refractivity (Wildman–Crippen MR) is 125 cm³/mol. The SMILES string of the molecule is CCOc1ccccc1C(=O)NC(=S)Nc1ccc(S(=O)(=O)N2CCCCCC2)cc1. The highest BCUT2D eigenvalue weighted by Gasteiger charge is 2.25. The molecule has 0 radical (unpaired) electrons. The zero-order valence-corrected chi connectivity index (χ0v) is 19.1. The highest BCUT2D eigenvalue weighted by molar-refractivity contribution is 7.89. The molecule has 166 valence electrons. The van der Waals surface area contributed by atoms with Gasteiger partial charge < -0.3 is 10.1 Å². The fraction of sp³-hybridized carbons (Fsp3) is 0.364. The quantitative estimate of drug-likeness (QED) is 0.637. The number of anilines is 1. The van der Waals surface area contributed by atoms with E-state index in [1.165, 1.54) is 0 Å². The summed E-state index contributed by atoms with van der Waals surface area (Å²) in [5, 5.41) is 5.65. The van der Waals surface area contributed by atoms with Crippen LogP contribution in [-0.2, 0) is 10.0 Å². The van der Waals surface area contributed by atoms with Crippen LogP contribution in [0.15, 0.2) is 53.4 Å². The molecular weight excluding hydrogens is 434 g/mol. The summed E-state index contributed by atoms with van der Waals surface area (Å²) in [5.41, 5.74) is 0.964. The number of nitrogens with zero attached hydrogens (tertiary/aromatic N) is 1. The number of benzene rings is 2. The summed E-state index contributed by atoms with van der Waals surface area (Å²) in [6.07, 6.45) is 3.90. The first-order chi connectivity index (χ1) is 14.9. The van der Waals surface area contributed by atoms with Crippen LogP contribution in [0.4, 0.5) is 5.69 Å². The smallest absolute Gasteiger partial charge is 0.261 e. The Kier molecular flexibility index (Phi) is 8.00. The van der Waals surface area contributed by atoms with Crippen molar-refractivity contribution in [3.63, 3.8) is 0 Å². The van der Waals surface area contributed by atoms with Crippen LogP contribution in [-0.4, -0.2) is 43.4 Å². The van der Waals surface area contributed by atoms with Crippen molar-refractivity contribution in [3.05, 3.63) is 54.1 Å². The lowest BCUT2D eigenvalue weighted by Gasteiger charge is -2.20. The minimum absolute atomic E-state index is 0.111. The van der Waals surface area contributed by atoms with Crippen molar-refractivity contribution in [1.82, 2.24) is 9.62 Å². The summed E-state index contributed by atoms with van der Waals surface area (Å²) in [6.45, 7) is 3.40. The van der Waals surface area contributed by atoms with Crippen molar-refractivity contribution < 1.29 is 17.9 Å². The molecule has 1 amide bonds. The Morgan fingerprint density at radius 2 is 1.68 bits per heavy atom. The highest BCUT2D eigenvalue weighted by Crippen LogP contribution is 2.22. The summed E-state index contributed by atoms with van der Waals surface area (Å²) >= 11 is 5.23. The summed E-state index contributed by atoms with van der Waals surface area (Å²) in [4.78, 5) is 12.8. The lowest BCUT2D eigenvalue weighted by molar-refractivity contribution is 0.0974. The number of carbonyl (C=O) groups excluding carboxylic acids is 1. The second kappa shape index (κ2) is 10.7. The second-order valence-corrected chi connectivity index (χ2v) is 9.53. The van der Waals surface area contributed by atoms with Crippen molar-refractivity contribution in [2.75, 3.05) is 25.0 Å². The van der Waals surface area contributed by atoms with Crippen molar-refractivity contribution in [2.24, 2.45) is 0 Å². The molecule has 3 rings (SSSR count). The fourth-order valence-electron chi connectivity index (χ4n) is 3.41. The van der Waals surface area contributed by atoms with Crippen LogP contribution in [0.1, 0.15) is 43.0 Å². The zero-order chi connectivity index (χ0) is 22.3.